The van der Waals surface area contributed by atoms with E-state index < -0.39 is 17.3 Å². The van der Waals surface area contributed by atoms with E-state index in [2.05, 4.69) is 5.10 Å². The molecule has 4 nitrogen and oxygen atoms in total. The molecule has 1 aromatic heterocycles. The van der Waals surface area contributed by atoms with Crippen LogP contribution < -0.4 is 5.73 Å². The van der Waals surface area contributed by atoms with E-state index in [1.807, 2.05) is 0 Å². The van der Waals surface area contributed by atoms with E-state index in [0.717, 1.165) is 10.9 Å². The standard InChI is InChI=1S/C8H12F3N3O/c1-7(15,4-12)5-14-3-6(2-13-14)8(9,10)11/h2-3,15H,4-5,12H2,1H3. The summed E-state index contributed by atoms with van der Waals surface area (Å²) >= 11 is 0. The first-order chi connectivity index (χ1) is 6.74. The smallest absolute Gasteiger partial charge is 0.387 e. The molecule has 0 aliphatic heterocycles. The van der Waals surface area contributed by atoms with Crippen LogP contribution in [0.1, 0.15) is 12.5 Å². The van der Waals surface area contributed by atoms with Crippen molar-refractivity contribution >= 4 is 0 Å². The summed E-state index contributed by atoms with van der Waals surface area (Å²) in [4.78, 5) is 0. The van der Waals surface area contributed by atoms with Gasteiger partial charge in [-0.25, -0.2) is 0 Å². The summed E-state index contributed by atoms with van der Waals surface area (Å²) in [7, 11) is 0. The van der Waals surface area contributed by atoms with Gasteiger partial charge in [-0.1, -0.05) is 0 Å². The van der Waals surface area contributed by atoms with Gasteiger partial charge in [0.15, 0.2) is 0 Å². The van der Waals surface area contributed by atoms with Crippen LogP contribution in [-0.4, -0.2) is 27.0 Å². The Balaban J connectivity index is 2.78. The Kier molecular flexibility index (Phi) is 3.05. The number of nitrogens with two attached hydrogens (primary N) is 1. The van der Waals surface area contributed by atoms with Crippen LogP contribution in [0.15, 0.2) is 12.4 Å². The quantitative estimate of drug-likeness (QED) is 0.789. The fraction of sp³-hybridized carbons (Fsp3) is 0.625. The molecule has 1 aromatic rings. The molecular formula is C8H12F3N3O. The summed E-state index contributed by atoms with van der Waals surface area (Å²) in [6, 6.07) is 0. The summed E-state index contributed by atoms with van der Waals surface area (Å²) in [6.07, 6.45) is -2.86. The lowest BCUT2D eigenvalue weighted by atomic mass is 10.1. The average molecular weight is 223 g/mol. The lowest BCUT2D eigenvalue weighted by Gasteiger charge is -2.20. The second kappa shape index (κ2) is 3.82. The summed E-state index contributed by atoms with van der Waals surface area (Å²) in [6.45, 7) is 1.32. The van der Waals surface area contributed by atoms with Crippen molar-refractivity contribution in [2.75, 3.05) is 6.54 Å². The molecule has 0 saturated carbocycles. The zero-order chi connectivity index (χ0) is 11.7. The van der Waals surface area contributed by atoms with E-state index in [9.17, 15) is 18.3 Å². The third-order valence-electron chi connectivity index (χ3n) is 1.90. The maximum Gasteiger partial charge on any atom is 0.419 e. The Hall–Kier alpha value is -1.08. The first kappa shape index (κ1) is 12.0. The molecule has 0 radical (unpaired) electrons. The van der Waals surface area contributed by atoms with Gasteiger partial charge in [0.05, 0.1) is 23.9 Å². The first-order valence-corrected chi connectivity index (χ1v) is 4.27. The molecule has 0 bridgehead atoms. The summed E-state index contributed by atoms with van der Waals surface area (Å²) in [5, 5.41) is 13.0. The van der Waals surface area contributed by atoms with Gasteiger partial charge in [-0.05, 0) is 6.92 Å². The minimum absolute atomic E-state index is 0.0474. The predicted octanol–water partition coefficient (Wildman–Crippen LogP) is 0.612. The van der Waals surface area contributed by atoms with Crippen LogP contribution in [-0.2, 0) is 12.7 Å². The molecule has 0 aliphatic carbocycles. The fourth-order valence-electron chi connectivity index (χ4n) is 1.01. The van der Waals surface area contributed by atoms with Crippen LogP contribution in [0.5, 0.6) is 0 Å². The molecule has 0 saturated heterocycles. The molecule has 0 fully saturated rings. The maximum atomic E-state index is 12.2. The molecule has 0 spiro atoms. The van der Waals surface area contributed by atoms with Crippen LogP contribution in [0.3, 0.4) is 0 Å². The topological polar surface area (TPSA) is 64.1 Å². The number of hydrogen-bond acceptors (Lipinski definition) is 3. The van der Waals surface area contributed by atoms with Crippen molar-refractivity contribution in [3.05, 3.63) is 18.0 Å². The van der Waals surface area contributed by atoms with Gasteiger partial charge < -0.3 is 10.8 Å². The molecule has 1 unspecified atom stereocenters. The Morgan fingerprint density at radius 1 is 1.53 bits per heavy atom. The van der Waals surface area contributed by atoms with Crippen LogP contribution in [0.2, 0.25) is 0 Å². The normalized spacial score (nSPS) is 16.4. The van der Waals surface area contributed by atoms with E-state index in [4.69, 9.17) is 5.73 Å². The van der Waals surface area contributed by atoms with Crippen molar-refractivity contribution in [3.8, 4) is 0 Å². The van der Waals surface area contributed by atoms with Crippen molar-refractivity contribution in [2.45, 2.75) is 25.2 Å². The highest BCUT2D eigenvalue weighted by atomic mass is 19.4. The van der Waals surface area contributed by atoms with Gasteiger partial charge in [-0.15, -0.1) is 0 Å². The largest absolute Gasteiger partial charge is 0.419 e. The van der Waals surface area contributed by atoms with Crippen LogP contribution >= 0.6 is 0 Å². The molecule has 0 amide bonds. The third kappa shape index (κ3) is 3.21. The molecular weight excluding hydrogens is 211 g/mol. The van der Waals surface area contributed by atoms with Crippen molar-refractivity contribution in [3.63, 3.8) is 0 Å². The fourth-order valence-corrected chi connectivity index (χ4v) is 1.01. The van der Waals surface area contributed by atoms with Crippen LogP contribution in [0, 0.1) is 0 Å². The van der Waals surface area contributed by atoms with Crippen molar-refractivity contribution in [1.82, 2.24) is 9.78 Å². The summed E-state index contributed by atoms with van der Waals surface area (Å²) < 4.78 is 37.5. The number of halogens is 3. The molecule has 1 heterocycles. The highest BCUT2D eigenvalue weighted by molar-refractivity contribution is 5.08. The van der Waals surface area contributed by atoms with Crippen LogP contribution in [0.4, 0.5) is 13.2 Å². The second-order valence-electron chi connectivity index (χ2n) is 3.63. The van der Waals surface area contributed by atoms with Gasteiger partial charge >= 0.3 is 6.18 Å². The molecule has 1 rings (SSSR count). The minimum Gasteiger partial charge on any atom is -0.387 e. The van der Waals surface area contributed by atoms with Gasteiger partial charge in [0.25, 0.3) is 0 Å². The lowest BCUT2D eigenvalue weighted by molar-refractivity contribution is -0.137. The lowest BCUT2D eigenvalue weighted by Crippen LogP contribution is -2.38. The van der Waals surface area contributed by atoms with Gasteiger partial charge in [0, 0.05) is 12.7 Å². The van der Waals surface area contributed by atoms with E-state index in [0.29, 0.717) is 6.20 Å². The Labute approximate surface area is 84.5 Å². The van der Waals surface area contributed by atoms with E-state index in [-0.39, 0.29) is 13.1 Å². The monoisotopic (exact) mass is 223 g/mol. The highest BCUT2D eigenvalue weighted by Crippen LogP contribution is 2.28. The number of aromatic nitrogens is 2. The number of hydrogen-bond donors (Lipinski definition) is 2. The van der Waals surface area contributed by atoms with E-state index >= 15 is 0 Å². The summed E-state index contributed by atoms with van der Waals surface area (Å²) in [5.74, 6) is 0. The van der Waals surface area contributed by atoms with Gasteiger partial charge in [-0.2, -0.15) is 18.3 Å². The number of nitrogens with zero attached hydrogens (tertiary/aromatic N) is 2. The predicted molar refractivity (Wildman–Crippen MR) is 46.9 cm³/mol. The minimum atomic E-state index is -4.41. The second-order valence-corrected chi connectivity index (χ2v) is 3.63. The number of aliphatic hydroxyl groups is 1. The molecule has 15 heavy (non-hydrogen) atoms. The van der Waals surface area contributed by atoms with Gasteiger partial charge in [0.1, 0.15) is 0 Å². The van der Waals surface area contributed by atoms with Gasteiger partial charge in [-0.3, -0.25) is 4.68 Å². The summed E-state index contributed by atoms with van der Waals surface area (Å²) in [5.41, 5.74) is 3.14. The molecule has 86 valence electrons. The zero-order valence-electron chi connectivity index (χ0n) is 8.12. The van der Waals surface area contributed by atoms with Crippen molar-refractivity contribution < 1.29 is 18.3 Å². The highest BCUT2D eigenvalue weighted by Gasteiger charge is 2.32. The number of alkyl halides is 3. The molecule has 1 atom stereocenters. The Bertz CT molecular complexity index is 332. The van der Waals surface area contributed by atoms with E-state index in [1.165, 1.54) is 6.92 Å². The SMILES string of the molecule is CC(O)(CN)Cn1cc(C(F)(F)F)cn1. The molecule has 3 N–H and O–H groups in total. The van der Waals surface area contributed by atoms with Crippen LogP contribution in [0.25, 0.3) is 0 Å². The van der Waals surface area contributed by atoms with Crippen molar-refractivity contribution in [1.29, 1.82) is 0 Å². The van der Waals surface area contributed by atoms with Crippen molar-refractivity contribution in [2.24, 2.45) is 5.73 Å². The third-order valence-corrected chi connectivity index (χ3v) is 1.90. The average Bonchev–Trinajstić information content (AvgIpc) is 2.51. The Morgan fingerprint density at radius 3 is 2.53 bits per heavy atom. The van der Waals surface area contributed by atoms with E-state index in [1.54, 1.807) is 0 Å². The molecule has 0 aliphatic rings. The maximum absolute atomic E-state index is 12.2. The first-order valence-electron chi connectivity index (χ1n) is 4.27. The molecule has 0 aromatic carbocycles. The zero-order valence-corrected chi connectivity index (χ0v) is 8.12. The number of rotatable bonds is 3. The van der Waals surface area contributed by atoms with Gasteiger partial charge in [0.2, 0.25) is 0 Å². The Morgan fingerprint density at radius 2 is 2.13 bits per heavy atom. The molecule has 7 heteroatoms.